The fraction of sp³-hybridized carbons (Fsp3) is 0. The molecule has 0 unspecified atom stereocenters. The van der Waals surface area contributed by atoms with Gasteiger partial charge in [0.15, 0.2) is 5.82 Å². The topological polar surface area (TPSA) is 51.6 Å². The maximum absolute atomic E-state index is 5.33. The lowest BCUT2D eigenvalue weighted by Crippen LogP contribution is -1.96. The molecule has 0 radical (unpaired) electrons. The minimum Gasteiger partial charge on any atom is -0.245 e. The summed E-state index contributed by atoms with van der Waals surface area (Å²) >= 11 is 0. The predicted molar refractivity (Wildman–Crippen MR) is 222 cm³/mol. The molecule has 4 nitrogen and oxygen atoms in total. The number of benzene rings is 7. The van der Waals surface area contributed by atoms with Gasteiger partial charge in [0, 0.05) is 38.6 Å². The van der Waals surface area contributed by atoms with Crippen LogP contribution in [0, 0.1) is 0 Å². The predicted octanol–water partition coefficient (Wildman–Crippen LogP) is 12.7. The Labute approximate surface area is 312 Å². The number of aromatic nitrogens is 4. The molecule has 7 aromatic carbocycles. The number of rotatable bonds is 5. The molecule has 0 spiro atoms. The Hall–Kier alpha value is -7.30. The lowest BCUT2D eigenvalue weighted by atomic mass is 9.96. The summed E-state index contributed by atoms with van der Waals surface area (Å²) in [7, 11) is 0. The fourth-order valence-corrected chi connectivity index (χ4v) is 8.00. The largest absolute Gasteiger partial charge is 0.245 e. The van der Waals surface area contributed by atoms with Gasteiger partial charge in [-0.2, -0.15) is 0 Å². The second-order valence-corrected chi connectivity index (χ2v) is 13.8. The standard InChI is InChI=1S/C50H30N4/c1-4-11-31(12-5-1)43-27-22-33-19-20-34-23-28-44(52-49(34)48(33)51-43)38-25-26-41-37-24-21-36(29-42(37)40-18-10-17-39(38)47(40)41)46-30-45(32-13-6-2-7-14-32)53-50(54-46)35-15-8-3-9-16-35/h1-30H. The second-order valence-electron chi connectivity index (χ2n) is 13.8. The zero-order chi connectivity index (χ0) is 35.6. The van der Waals surface area contributed by atoms with E-state index in [0.717, 1.165) is 72.4 Å². The summed E-state index contributed by atoms with van der Waals surface area (Å²) in [4.78, 5) is 20.6. The molecule has 0 atom stereocenters. The lowest BCUT2D eigenvalue weighted by molar-refractivity contribution is 1.18. The van der Waals surface area contributed by atoms with Gasteiger partial charge < -0.3 is 0 Å². The van der Waals surface area contributed by atoms with Crippen molar-refractivity contribution in [1.29, 1.82) is 0 Å². The van der Waals surface area contributed by atoms with Gasteiger partial charge in [0.2, 0.25) is 0 Å². The van der Waals surface area contributed by atoms with Gasteiger partial charge in [-0.15, -0.1) is 0 Å². The average molecular weight is 687 g/mol. The zero-order valence-electron chi connectivity index (χ0n) is 29.1. The second kappa shape index (κ2) is 12.1. The lowest BCUT2D eigenvalue weighted by Gasteiger charge is -2.11. The molecule has 11 rings (SSSR count). The summed E-state index contributed by atoms with van der Waals surface area (Å²) in [5.41, 5.74) is 15.7. The average Bonchev–Trinajstić information content (AvgIpc) is 3.58. The summed E-state index contributed by atoms with van der Waals surface area (Å²) in [6, 6.07) is 63.7. The van der Waals surface area contributed by atoms with Crippen molar-refractivity contribution in [2.75, 3.05) is 0 Å². The molecule has 250 valence electrons. The molecule has 1 aliphatic rings. The van der Waals surface area contributed by atoms with Crippen molar-refractivity contribution in [1.82, 2.24) is 19.9 Å². The van der Waals surface area contributed by atoms with E-state index in [9.17, 15) is 0 Å². The van der Waals surface area contributed by atoms with Crippen LogP contribution in [0.4, 0.5) is 0 Å². The van der Waals surface area contributed by atoms with Crippen molar-refractivity contribution in [3.63, 3.8) is 0 Å². The number of hydrogen-bond acceptors (Lipinski definition) is 4. The first-order valence-corrected chi connectivity index (χ1v) is 18.2. The van der Waals surface area contributed by atoms with Crippen molar-refractivity contribution >= 4 is 32.6 Å². The number of fused-ring (bicyclic) bond motifs is 6. The summed E-state index contributed by atoms with van der Waals surface area (Å²) < 4.78 is 0. The highest BCUT2D eigenvalue weighted by molar-refractivity contribution is 6.19. The molecule has 10 aromatic rings. The van der Waals surface area contributed by atoms with Crippen LogP contribution in [-0.2, 0) is 0 Å². The summed E-state index contributed by atoms with van der Waals surface area (Å²) in [6.45, 7) is 0. The van der Waals surface area contributed by atoms with Crippen LogP contribution in [0.3, 0.4) is 0 Å². The van der Waals surface area contributed by atoms with E-state index < -0.39 is 0 Å². The molecule has 0 N–H and O–H groups in total. The number of hydrogen-bond donors (Lipinski definition) is 0. The Morgan fingerprint density at radius 1 is 0.278 bits per heavy atom. The van der Waals surface area contributed by atoms with Crippen LogP contribution in [0.1, 0.15) is 0 Å². The third-order valence-corrected chi connectivity index (χ3v) is 10.6. The minimum absolute atomic E-state index is 0.713. The van der Waals surface area contributed by atoms with E-state index >= 15 is 0 Å². The first kappa shape index (κ1) is 30.3. The number of nitrogens with zero attached hydrogens (tertiary/aromatic N) is 4. The third-order valence-electron chi connectivity index (χ3n) is 10.6. The molecule has 0 fully saturated rings. The zero-order valence-corrected chi connectivity index (χ0v) is 29.1. The Morgan fingerprint density at radius 3 is 1.52 bits per heavy atom. The van der Waals surface area contributed by atoms with Crippen LogP contribution >= 0.6 is 0 Å². The van der Waals surface area contributed by atoms with Crippen molar-refractivity contribution in [2.24, 2.45) is 0 Å². The quantitative estimate of drug-likeness (QED) is 0.169. The van der Waals surface area contributed by atoms with Gasteiger partial charge in [-0.05, 0) is 57.3 Å². The molecule has 0 saturated carbocycles. The van der Waals surface area contributed by atoms with E-state index in [-0.39, 0.29) is 0 Å². The molecule has 3 aromatic heterocycles. The molecule has 1 aliphatic carbocycles. The van der Waals surface area contributed by atoms with E-state index in [0.29, 0.717) is 5.82 Å². The molecular weight excluding hydrogens is 657 g/mol. The highest BCUT2D eigenvalue weighted by Crippen LogP contribution is 2.50. The first-order valence-electron chi connectivity index (χ1n) is 18.2. The molecule has 3 heterocycles. The normalized spacial score (nSPS) is 11.7. The van der Waals surface area contributed by atoms with Crippen molar-refractivity contribution in [3.8, 4) is 78.7 Å². The summed E-state index contributed by atoms with van der Waals surface area (Å²) in [6.07, 6.45) is 0. The van der Waals surface area contributed by atoms with E-state index in [1.54, 1.807) is 0 Å². The molecule has 0 bridgehead atoms. The van der Waals surface area contributed by atoms with Crippen LogP contribution in [0.2, 0.25) is 0 Å². The highest BCUT2D eigenvalue weighted by Gasteiger charge is 2.24. The van der Waals surface area contributed by atoms with Gasteiger partial charge in [0.25, 0.3) is 0 Å². The van der Waals surface area contributed by atoms with E-state index in [2.05, 4.69) is 152 Å². The SMILES string of the molecule is c1ccc(-c2cc(-c3ccc4c(c3)-c3cccc5c(-c6ccc7ccc8ccc(-c9ccccc9)nc8c7n6)ccc-4c35)nc(-c3ccccc3)n2)cc1. The maximum Gasteiger partial charge on any atom is 0.160 e. The van der Waals surface area contributed by atoms with Gasteiger partial charge in [-0.3, -0.25) is 0 Å². The van der Waals surface area contributed by atoms with Crippen molar-refractivity contribution in [3.05, 3.63) is 182 Å². The van der Waals surface area contributed by atoms with Gasteiger partial charge in [0.1, 0.15) is 0 Å². The Morgan fingerprint density at radius 2 is 0.815 bits per heavy atom. The Balaban J connectivity index is 1.04. The summed E-state index contributed by atoms with van der Waals surface area (Å²) in [5.74, 6) is 0.713. The van der Waals surface area contributed by atoms with Gasteiger partial charge in [-0.25, -0.2) is 19.9 Å². The van der Waals surface area contributed by atoms with Crippen LogP contribution < -0.4 is 0 Å². The maximum atomic E-state index is 5.33. The highest BCUT2D eigenvalue weighted by atomic mass is 14.9. The monoisotopic (exact) mass is 686 g/mol. The van der Waals surface area contributed by atoms with Crippen LogP contribution in [0.5, 0.6) is 0 Å². The van der Waals surface area contributed by atoms with E-state index in [1.807, 2.05) is 30.3 Å². The fourth-order valence-electron chi connectivity index (χ4n) is 8.00. The molecular formula is C50H30N4. The van der Waals surface area contributed by atoms with Gasteiger partial charge >= 0.3 is 0 Å². The van der Waals surface area contributed by atoms with E-state index in [1.165, 1.54) is 33.0 Å². The van der Waals surface area contributed by atoms with Crippen LogP contribution in [0.25, 0.3) is 111 Å². The molecule has 0 saturated heterocycles. The van der Waals surface area contributed by atoms with Crippen molar-refractivity contribution in [2.45, 2.75) is 0 Å². The third kappa shape index (κ3) is 4.92. The smallest absolute Gasteiger partial charge is 0.160 e. The Kier molecular flexibility index (Phi) is 6.82. The van der Waals surface area contributed by atoms with Crippen LogP contribution in [0.15, 0.2) is 182 Å². The number of pyridine rings is 2. The molecule has 4 heteroatoms. The first-order chi connectivity index (χ1) is 26.7. The van der Waals surface area contributed by atoms with Gasteiger partial charge in [0.05, 0.1) is 33.8 Å². The summed E-state index contributed by atoms with van der Waals surface area (Å²) in [5, 5.41) is 4.59. The molecule has 0 aliphatic heterocycles. The van der Waals surface area contributed by atoms with Gasteiger partial charge in [-0.1, -0.05) is 158 Å². The minimum atomic E-state index is 0.713. The van der Waals surface area contributed by atoms with Crippen molar-refractivity contribution < 1.29 is 0 Å². The molecule has 54 heavy (non-hydrogen) atoms. The molecule has 0 amide bonds. The van der Waals surface area contributed by atoms with Crippen LogP contribution in [-0.4, -0.2) is 19.9 Å². The Bertz CT molecular complexity index is 3030. The van der Waals surface area contributed by atoms with E-state index in [4.69, 9.17) is 19.9 Å².